The molecule has 4 N–H and O–H groups in total. The molecule has 58 heavy (non-hydrogen) atoms. The highest BCUT2D eigenvalue weighted by Gasteiger charge is 2.61. The number of fused-ring (bicyclic) bond motifs is 2. The van der Waals surface area contributed by atoms with Crippen molar-refractivity contribution in [3.05, 3.63) is 29.6 Å². The molecule has 3 heterocycles. The van der Waals surface area contributed by atoms with Crippen molar-refractivity contribution in [2.24, 2.45) is 23.2 Å². The van der Waals surface area contributed by atoms with Gasteiger partial charge in [-0.25, -0.2) is 19.6 Å². The van der Waals surface area contributed by atoms with E-state index in [-0.39, 0.29) is 31.0 Å². The number of carboxylic acid groups (broad SMARTS) is 1. The highest BCUT2D eigenvalue weighted by Crippen LogP contribution is 2.52. The summed E-state index contributed by atoms with van der Waals surface area (Å²) in [4.78, 5) is 65.8. The number of nitrogens with zero attached hydrogens (tertiary/aromatic N) is 3. The van der Waals surface area contributed by atoms with Gasteiger partial charge in [0.1, 0.15) is 53.6 Å². The van der Waals surface area contributed by atoms with Gasteiger partial charge in [-0.15, -0.1) is 11.3 Å². The number of anilines is 1. The Morgan fingerprint density at radius 1 is 1.02 bits per heavy atom. The molecule has 16 heteroatoms. The van der Waals surface area contributed by atoms with Crippen LogP contribution in [0.2, 0.25) is 0 Å². The molecule has 0 bridgehead atoms. The van der Waals surface area contributed by atoms with E-state index in [0.29, 0.717) is 71.7 Å². The lowest BCUT2D eigenvalue weighted by Gasteiger charge is -2.35. The summed E-state index contributed by atoms with van der Waals surface area (Å²) < 4.78 is 23.6. The highest BCUT2D eigenvalue weighted by atomic mass is 32.1. The maximum atomic E-state index is 14.7. The van der Waals surface area contributed by atoms with Gasteiger partial charge >= 0.3 is 12.1 Å². The topological polar surface area (TPSA) is 191 Å². The van der Waals surface area contributed by atoms with Gasteiger partial charge in [-0.05, 0) is 74.8 Å². The summed E-state index contributed by atoms with van der Waals surface area (Å²) in [6.45, 7) is 12.2. The number of ether oxygens (including phenoxy) is 4. The number of carbonyl (C=O) groups excluding carboxylic acids is 3. The fourth-order valence-electron chi connectivity index (χ4n) is 8.46. The molecule has 3 aliphatic carbocycles. The van der Waals surface area contributed by atoms with Crippen molar-refractivity contribution in [3.8, 4) is 22.9 Å². The molecule has 4 fully saturated rings. The van der Waals surface area contributed by atoms with E-state index in [4.69, 9.17) is 28.9 Å². The summed E-state index contributed by atoms with van der Waals surface area (Å²) in [7, 11) is 1.61. The van der Waals surface area contributed by atoms with Crippen LogP contribution in [0.15, 0.2) is 29.6 Å². The number of carboxylic acids is 1. The fraction of sp³-hybridized carbons (Fsp3) is 0.619. The summed E-state index contributed by atoms with van der Waals surface area (Å²) in [5.74, 6) is -0.114. The lowest BCUT2D eigenvalue weighted by molar-refractivity contribution is -0.146. The molecule has 2 aromatic heterocycles. The average molecular weight is 821 g/mol. The molecule has 15 nitrogen and oxygen atoms in total. The third kappa shape index (κ3) is 8.97. The first-order valence-corrected chi connectivity index (χ1v) is 21.2. The molecule has 314 valence electrons. The minimum absolute atomic E-state index is 0.00000991. The normalized spacial score (nSPS) is 26.5. The second-order valence-electron chi connectivity index (χ2n) is 17.6. The van der Waals surface area contributed by atoms with Crippen molar-refractivity contribution in [3.63, 3.8) is 0 Å². The number of benzene rings is 1. The van der Waals surface area contributed by atoms with Crippen molar-refractivity contribution < 1.29 is 43.2 Å². The highest BCUT2D eigenvalue weighted by molar-refractivity contribution is 7.14. The number of pyridine rings is 1. The van der Waals surface area contributed by atoms with E-state index < -0.39 is 53.0 Å². The van der Waals surface area contributed by atoms with Crippen LogP contribution in [0.5, 0.6) is 11.5 Å². The van der Waals surface area contributed by atoms with Gasteiger partial charge in [0.2, 0.25) is 11.8 Å². The number of hydrogen-bond acceptors (Lipinski definition) is 12. The first-order chi connectivity index (χ1) is 27.6. The molecule has 3 saturated carbocycles. The largest absolute Gasteiger partial charge is 0.491 e. The van der Waals surface area contributed by atoms with Gasteiger partial charge in [0.15, 0.2) is 5.13 Å². The van der Waals surface area contributed by atoms with Crippen molar-refractivity contribution >= 4 is 51.2 Å². The number of methoxy groups -OCH3 is 1. The number of likely N-dealkylation sites (tertiary alicyclic amines) is 1. The number of rotatable bonds is 16. The van der Waals surface area contributed by atoms with E-state index in [1.54, 1.807) is 13.2 Å². The minimum atomic E-state index is -1.40. The molecular weight excluding hydrogens is 765 g/mol. The third-order valence-corrected chi connectivity index (χ3v) is 12.6. The molecule has 7 rings (SSSR count). The van der Waals surface area contributed by atoms with Gasteiger partial charge in [-0.3, -0.25) is 9.59 Å². The van der Waals surface area contributed by atoms with Gasteiger partial charge in [-0.2, -0.15) is 0 Å². The second kappa shape index (κ2) is 16.5. The molecule has 8 atom stereocenters. The van der Waals surface area contributed by atoms with Crippen LogP contribution in [-0.2, 0) is 23.9 Å². The Morgan fingerprint density at radius 2 is 1.78 bits per heavy atom. The SMILES string of the molecule is CC[C@@H]1C[C@]1(NC(=O)[C@@H]1C[C@@H](Oc2cc(-c3csc(NC(C)C)n3)nc3cc(OCCOC)ccc23)CN1C(=O)[C@@H](NC(=O)O[C@@H]1C[C@@H]2C[C@@H]2C1)C(C)(C)C)C(=O)O. The number of carbonyl (C=O) groups is 4. The maximum Gasteiger partial charge on any atom is 0.408 e. The molecule has 0 radical (unpaired) electrons. The van der Waals surface area contributed by atoms with Crippen LogP contribution in [0.4, 0.5) is 9.93 Å². The predicted molar refractivity (Wildman–Crippen MR) is 218 cm³/mol. The lowest BCUT2D eigenvalue weighted by Crippen LogP contribution is -2.59. The Balaban J connectivity index is 1.19. The molecular formula is C42H56N6O9S. The van der Waals surface area contributed by atoms with Crippen LogP contribution < -0.4 is 25.4 Å². The average Bonchev–Trinajstić information content (AvgIpc) is 3.83. The molecule has 3 aromatic rings. The smallest absolute Gasteiger partial charge is 0.408 e. The van der Waals surface area contributed by atoms with E-state index in [1.165, 1.54) is 22.7 Å². The number of nitrogens with one attached hydrogen (secondary N) is 3. The third-order valence-electron chi connectivity index (χ3n) is 11.8. The molecule has 0 spiro atoms. The number of alkyl carbamates (subject to hydrolysis) is 1. The van der Waals surface area contributed by atoms with Gasteiger partial charge in [0.25, 0.3) is 0 Å². The quantitative estimate of drug-likeness (QED) is 0.126. The molecule has 3 amide bonds. The molecule has 0 unspecified atom stereocenters. The van der Waals surface area contributed by atoms with Gasteiger partial charge in [0.05, 0.1) is 24.4 Å². The van der Waals surface area contributed by atoms with E-state index in [2.05, 4.69) is 16.0 Å². The standard InChI is InChI=1S/C42H56N6O9S/c1-8-25-19-42(25,38(51)52)47-36(49)33-17-28(20-48(33)37(50)35(41(4,5)6)46-40(53)57-27-14-23-13-24(23)15-27)56-34-18-31(32-21-58-39(45-32)43-22(2)3)44-30-16-26(9-10-29(30)34)55-12-11-54-7/h9-10,16,18,21-25,27-28,33,35H,8,11-15,17,19-20H2,1-7H3,(H,43,45)(H,46,53)(H,47,49)(H,51,52)/t23-,24+,25-,27+,28-,33+,35-,42-/m1/s1. The Morgan fingerprint density at radius 3 is 2.43 bits per heavy atom. The molecule has 1 aromatic carbocycles. The van der Waals surface area contributed by atoms with E-state index in [1.807, 2.05) is 65.1 Å². The number of thiazole rings is 1. The first kappa shape index (κ1) is 41.5. The number of aliphatic carboxylic acids is 1. The number of amides is 3. The Hall–Kier alpha value is -4.70. The zero-order chi connectivity index (χ0) is 41.5. The Labute approximate surface area is 342 Å². The number of hydrogen-bond donors (Lipinski definition) is 4. The number of aromatic nitrogens is 2. The van der Waals surface area contributed by atoms with Gasteiger partial charge in [0, 0.05) is 42.5 Å². The Kier molecular flexibility index (Phi) is 11.8. The summed E-state index contributed by atoms with van der Waals surface area (Å²) in [6.07, 6.45) is 2.25. The summed E-state index contributed by atoms with van der Waals surface area (Å²) in [5.41, 5.74) is -0.381. The molecule has 1 saturated heterocycles. The molecule has 1 aliphatic heterocycles. The maximum absolute atomic E-state index is 14.7. The van der Waals surface area contributed by atoms with E-state index in [9.17, 15) is 24.3 Å². The fourth-order valence-corrected chi connectivity index (χ4v) is 9.32. The summed E-state index contributed by atoms with van der Waals surface area (Å²) in [5, 5.41) is 22.5. The minimum Gasteiger partial charge on any atom is -0.491 e. The summed E-state index contributed by atoms with van der Waals surface area (Å²) in [6, 6.07) is 5.35. The van der Waals surface area contributed by atoms with Crippen LogP contribution in [0.25, 0.3) is 22.3 Å². The van der Waals surface area contributed by atoms with E-state index >= 15 is 0 Å². The van der Waals surface area contributed by atoms with Crippen molar-refractivity contribution in [1.82, 2.24) is 25.5 Å². The van der Waals surface area contributed by atoms with E-state index in [0.717, 1.165) is 18.0 Å². The van der Waals surface area contributed by atoms with Crippen molar-refractivity contribution in [2.75, 3.05) is 32.2 Å². The zero-order valence-corrected chi connectivity index (χ0v) is 35.1. The van der Waals surface area contributed by atoms with Crippen LogP contribution in [0.3, 0.4) is 0 Å². The van der Waals surface area contributed by atoms with Crippen molar-refractivity contribution in [2.45, 2.75) is 116 Å². The van der Waals surface area contributed by atoms with Crippen molar-refractivity contribution in [1.29, 1.82) is 0 Å². The second-order valence-corrected chi connectivity index (χ2v) is 18.5. The van der Waals surface area contributed by atoms with Crippen LogP contribution in [0.1, 0.15) is 80.1 Å². The molecule has 4 aliphatic rings. The first-order valence-electron chi connectivity index (χ1n) is 20.4. The van der Waals surface area contributed by atoms with Crippen LogP contribution >= 0.6 is 11.3 Å². The zero-order valence-electron chi connectivity index (χ0n) is 34.3. The monoisotopic (exact) mass is 820 g/mol. The van der Waals surface area contributed by atoms with Crippen LogP contribution in [0, 0.1) is 23.2 Å². The Bertz CT molecular complexity index is 2020. The van der Waals surface area contributed by atoms with Gasteiger partial charge in [-0.1, -0.05) is 34.1 Å². The lowest BCUT2D eigenvalue weighted by atomic mass is 9.85. The van der Waals surface area contributed by atoms with Gasteiger partial charge < -0.3 is 44.9 Å². The van der Waals surface area contributed by atoms with Crippen LogP contribution in [-0.4, -0.2) is 107 Å². The predicted octanol–water partition coefficient (Wildman–Crippen LogP) is 5.86. The summed E-state index contributed by atoms with van der Waals surface area (Å²) >= 11 is 1.46.